The van der Waals surface area contributed by atoms with Crippen LogP contribution >= 0.6 is 11.6 Å². The highest BCUT2D eigenvalue weighted by atomic mass is 35.5. The molecule has 1 aromatic carbocycles. The van der Waals surface area contributed by atoms with Gasteiger partial charge in [-0.25, -0.2) is 0 Å². The molecule has 0 saturated heterocycles. The van der Waals surface area contributed by atoms with Crippen molar-refractivity contribution in [1.82, 2.24) is 0 Å². The van der Waals surface area contributed by atoms with Crippen LogP contribution in [-0.4, -0.2) is 12.5 Å². The number of ether oxygens (including phenoxy) is 1. The zero-order chi connectivity index (χ0) is 10.6. The van der Waals surface area contributed by atoms with E-state index in [0.29, 0.717) is 12.5 Å². The number of hydrogen-bond acceptors (Lipinski definition) is 1. The van der Waals surface area contributed by atoms with Gasteiger partial charge in [-0.05, 0) is 36.6 Å². The van der Waals surface area contributed by atoms with Crippen molar-refractivity contribution in [3.05, 3.63) is 41.5 Å². The van der Waals surface area contributed by atoms with Gasteiger partial charge in [-0.1, -0.05) is 18.7 Å². The molecule has 1 rings (SSSR count). The second-order valence-corrected chi connectivity index (χ2v) is 3.71. The van der Waals surface area contributed by atoms with E-state index < -0.39 is 0 Å². The van der Waals surface area contributed by atoms with E-state index in [2.05, 4.69) is 12.6 Å². The smallest absolute Gasteiger partial charge is 0.122 e. The molecule has 0 bridgehead atoms. The second-order valence-electron chi connectivity index (χ2n) is 3.44. The zero-order valence-electron chi connectivity index (χ0n) is 8.64. The maximum absolute atomic E-state index is 5.61. The molecule has 14 heavy (non-hydrogen) atoms. The maximum atomic E-state index is 5.61. The fourth-order valence-electron chi connectivity index (χ4n) is 1.08. The summed E-state index contributed by atoms with van der Waals surface area (Å²) in [5.41, 5.74) is 3.23. The molecule has 0 heterocycles. The van der Waals surface area contributed by atoms with Crippen LogP contribution in [0.2, 0.25) is 0 Å². The quantitative estimate of drug-likeness (QED) is 0.546. The molecule has 0 atom stereocenters. The molecule has 0 radical (unpaired) electrons. The van der Waals surface area contributed by atoms with Crippen LogP contribution in [0.3, 0.4) is 0 Å². The third-order valence-corrected chi connectivity index (χ3v) is 2.34. The van der Waals surface area contributed by atoms with Crippen LogP contribution in [0.25, 0.3) is 0 Å². The summed E-state index contributed by atoms with van der Waals surface area (Å²) in [6, 6.07) is 6.14. The van der Waals surface area contributed by atoms with Crippen LogP contribution in [-0.2, 0) is 0 Å². The number of alkyl halides is 1. The summed E-state index contributed by atoms with van der Waals surface area (Å²) in [5.74, 6) is 1.36. The highest BCUT2D eigenvalue weighted by molar-refractivity contribution is 6.19. The number of halogens is 1. The summed E-state index contributed by atoms with van der Waals surface area (Å²) >= 11 is 5.61. The van der Waals surface area contributed by atoms with Crippen molar-refractivity contribution in [3.63, 3.8) is 0 Å². The summed E-state index contributed by atoms with van der Waals surface area (Å²) in [6.07, 6.45) is 0. The van der Waals surface area contributed by atoms with E-state index >= 15 is 0 Å². The molecule has 1 aromatic rings. The van der Waals surface area contributed by atoms with Crippen molar-refractivity contribution in [2.24, 2.45) is 0 Å². The van der Waals surface area contributed by atoms with E-state index in [1.54, 1.807) is 0 Å². The van der Waals surface area contributed by atoms with Gasteiger partial charge in [0.15, 0.2) is 0 Å². The van der Waals surface area contributed by atoms with E-state index in [1.165, 1.54) is 5.56 Å². The summed E-state index contributed by atoms with van der Waals surface area (Å²) < 4.78 is 5.59. The fraction of sp³-hybridized carbons (Fsp3) is 0.333. The monoisotopic (exact) mass is 210 g/mol. The summed E-state index contributed by atoms with van der Waals surface area (Å²) in [6.45, 7) is 8.35. The van der Waals surface area contributed by atoms with Gasteiger partial charge in [0.05, 0.1) is 0 Å². The Morgan fingerprint density at radius 2 is 2.14 bits per heavy atom. The first-order valence-electron chi connectivity index (χ1n) is 4.56. The van der Waals surface area contributed by atoms with Gasteiger partial charge < -0.3 is 4.74 Å². The predicted octanol–water partition coefficient (Wildman–Crippen LogP) is 3.48. The molecule has 0 aliphatic heterocycles. The van der Waals surface area contributed by atoms with Crippen LogP contribution in [0.1, 0.15) is 11.1 Å². The maximum Gasteiger partial charge on any atom is 0.122 e. The molecule has 1 nitrogen and oxygen atoms in total. The Labute approximate surface area is 90.3 Å². The summed E-state index contributed by atoms with van der Waals surface area (Å²) in [5, 5.41) is 0. The molecule has 0 saturated carbocycles. The molecule has 0 N–H and O–H groups in total. The second kappa shape index (κ2) is 5.06. The summed E-state index contributed by atoms with van der Waals surface area (Å²) in [4.78, 5) is 0. The van der Waals surface area contributed by atoms with Crippen molar-refractivity contribution < 1.29 is 4.74 Å². The lowest BCUT2D eigenvalue weighted by Gasteiger charge is -2.10. The Morgan fingerprint density at radius 1 is 1.43 bits per heavy atom. The summed E-state index contributed by atoms with van der Waals surface area (Å²) in [7, 11) is 0. The molecular formula is C12H15ClO. The van der Waals surface area contributed by atoms with Crippen molar-refractivity contribution in [3.8, 4) is 5.75 Å². The molecule has 0 fully saturated rings. The molecule has 76 valence electrons. The van der Waals surface area contributed by atoms with E-state index in [9.17, 15) is 0 Å². The van der Waals surface area contributed by atoms with Crippen LogP contribution < -0.4 is 4.74 Å². The lowest BCUT2D eigenvalue weighted by Crippen LogP contribution is -2.02. The molecule has 0 amide bonds. The van der Waals surface area contributed by atoms with Crippen LogP contribution in [0, 0.1) is 13.8 Å². The Balaban J connectivity index is 2.66. The first-order chi connectivity index (χ1) is 6.63. The first kappa shape index (κ1) is 11.1. The standard InChI is InChI=1S/C12H15ClO/c1-9-4-5-11(3)12(6-9)14-8-10(2)7-13/h4-6H,2,7-8H2,1,3H3. The average molecular weight is 211 g/mol. The van der Waals surface area contributed by atoms with Crippen LogP contribution in [0.15, 0.2) is 30.4 Å². The molecule has 0 spiro atoms. The first-order valence-corrected chi connectivity index (χ1v) is 5.09. The third kappa shape index (κ3) is 3.08. The molecular weight excluding hydrogens is 196 g/mol. The van der Waals surface area contributed by atoms with Crippen molar-refractivity contribution >= 4 is 11.6 Å². The average Bonchev–Trinajstić information content (AvgIpc) is 2.19. The van der Waals surface area contributed by atoms with Gasteiger partial charge in [-0.2, -0.15) is 0 Å². The Bertz CT molecular complexity index is 331. The molecule has 0 aliphatic carbocycles. The minimum absolute atomic E-state index is 0.449. The number of aryl methyl sites for hydroxylation is 2. The minimum atomic E-state index is 0.449. The Hall–Kier alpha value is -0.950. The minimum Gasteiger partial charge on any atom is -0.489 e. The lowest BCUT2D eigenvalue weighted by atomic mass is 10.1. The highest BCUT2D eigenvalue weighted by Gasteiger charge is 2.00. The number of benzene rings is 1. The van der Waals surface area contributed by atoms with E-state index in [1.807, 2.05) is 26.0 Å². The van der Waals surface area contributed by atoms with Crippen LogP contribution in [0.4, 0.5) is 0 Å². The van der Waals surface area contributed by atoms with Crippen molar-refractivity contribution in [1.29, 1.82) is 0 Å². The van der Waals surface area contributed by atoms with Gasteiger partial charge in [-0.3, -0.25) is 0 Å². The van der Waals surface area contributed by atoms with Gasteiger partial charge in [0, 0.05) is 5.88 Å². The Morgan fingerprint density at radius 3 is 2.79 bits per heavy atom. The largest absolute Gasteiger partial charge is 0.489 e. The normalized spacial score (nSPS) is 9.93. The molecule has 0 aromatic heterocycles. The topological polar surface area (TPSA) is 9.23 Å². The van der Waals surface area contributed by atoms with E-state index in [4.69, 9.17) is 16.3 Å². The fourth-order valence-corrected chi connectivity index (χ4v) is 1.16. The van der Waals surface area contributed by atoms with Crippen molar-refractivity contribution in [2.45, 2.75) is 13.8 Å². The van der Waals surface area contributed by atoms with E-state index in [-0.39, 0.29) is 0 Å². The number of hydrogen-bond donors (Lipinski definition) is 0. The van der Waals surface area contributed by atoms with Gasteiger partial charge in [0.1, 0.15) is 12.4 Å². The zero-order valence-corrected chi connectivity index (χ0v) is 9.40. The van der Waals surface area contributed by atoms with Gasteiger partial charge in [0.2, 0.25) is 0 Å². The molecule has 0 aliphatic rings. The van der Waals surface area contributed by atoms with Gasteiger partial charge in [0.25, 0.3) is 0 Å². The van der Waals surface area contributed by atoms with Gasteiger partial charge in [-0.15, -0.1) is 11.6 Å². The SMILES string of the molecule is C=C(CCl)COc1cc(C)ccc1C. The molecule has 2 heteroatoms. The van der Waals surface area contributed by atoms with Crippen molar-refractivity contribution in [2.75, 3.05) is 12.5 Å². The number of rotatable bonds is 4. The lowest BCUT2D eigenvalue weighted by molar-refractivity contribution is 0.350. The predicted molar refractivity (Wildman–Crippen MR) is 61.3 cm³/mol. The molecule has 0 unspecified atom stereocenters. The third-order valence-electron chi connectivity index (χ3n) is 1.96. The Kier molecular flexibility index (Phi) is 4.02. The van der Waals surface area contributed by atoms with Gasteiger partial charge >= 0.3 is 0 Å². The van der Waals surface area contributed by atoms with Crippen LogP contribution in [0.5, 0.6) is 5.75 Å². The highest BCUT2D eigenvalue weighted by Crippen LogP contribution is 2.19. The van der Waals surface area contributed by atoms with E-state index in [0.717, 1.165) is 16.9 Å².